The maximum Gasteiger partial charge on any atom is 0.340 e. The quantitative estimate of drug-likeness (QED) is 0.290. The highest BCUT2D eigenvalue weighted by Crippen LogP contribution is 2.41. The molecule has 1 aliphatic heterocycles. The van der Waals surface area contributed by atoms with Crippen molar-refractivity contribution < 1.29 is 33.6 Å². The molecule has 0 aliphatic carbocycles. The number of nitrogens with zero attached hydrogens (tertiary/aromatic N) is 4. The van der Waals surface area contributed by atoms with Gasteiger partial charge < -0.3 is 23.8 Å². The van der Waals surface area contributed by atoms with E-state index in [4.69, 9.17) is 18.9 Å². The molecule has 188 valence electrons. The Kier molecular flexibility index (Phi) is 7.91. The van der Waals surface area contributed by atoms with Crippen LogP contribution in [0.2, 0.25) is 0 Å². The number of benzene rings is 2. The van der Waals surface area contributed by atoms with E-state index in [1.54, 1.807) is 18.1 Å². The van der Waals surface area contributed by atoms with E-state index in [0.717, 1.165) is 24.8 Å². The second-order valence-electron chi connectivity index (χ2n) is 7.62. The molecule has 0 N–H and O–H groups in total. The Labute approximate surface area is 201 Å². The molecule has 3 rings (SSSR count). The zero-order valence-electron chi connectivity index (χ0n) is 19.8. The molecule has 0 bridgehead atoms. The fourth-order valence-electron chi connectivity index (χ4n) is 4.11. The van der Waals surface area contributed by atoms with E-state index < -0.39 is 27.2 Å². The molecule has 13 nitrogen and oxygen atoms in total. The first-order chi connectivity index (χ1) is 16.7. The topological polar surface area (TPSA) is 147 Å². The van der Waals surface area contributed by atoms with Crippen molar-refractivity contribution in [1.29, 1.82) is 0 Å². The van der Waals surface area contributed by atoms with Crippen LogP contribution in [0.5, 0.6) is 17.2 Å². The molecular weight excluding hydrogens is 464 g/mol. The van der Waals surface area contributed by atoms with Crippen LogP contribution < -0.4 is 19.1 Å². The first-order valence-electron chi connectivity index (χ1n) is 10.6. The van der Waals surface area contributed by atoms with E-state index in [9.17, 15) is 25.0 Å². The highest BCUT2D eigenvalue weighted by Gasteiger charge is 2.33. The first kappa shape index (κ1) is 25.5. The van der Waals surface area contributed by atoms with Crippen molar-refractivity contribution in [3.63, 3.8) is 0 Å². The normalized spacial score (nSPS) is 13.8. The second-order valence-corrected chi connectivity index (χ2v) is 7.62. The Balaban J connectivity index is 1.87. The molecule has 0 saturated carbocycles. The van der Waals surface area contributed by atoms with Crippen molar-refractivity contribution in [3.05, 3.63) is 55.6 Å². The number of nitro groups is 2. The number of methoxy groups -OCH3 is 4. The summed E-state index contributed by atoms with van der Waals surface area (Å²) >= 11 is 0. The second kappa shape index (κ2) is 10.9. The lowest BCUT2D eigenvalue weighted by atomic mass is 10.1. The van der Waals surface area contributed by atoms with Crippen LogP contribution in [0.3, 0.4) is 0 Å². The van der Waals surface area contributed by atoms with Crippen molar-refractivity contribution in [1.82, 2.24) is 4.90 Å². The van der Waals surface area contributed by atoms with Gasteiger partial charge in [-0.3, -0.25) is 25.1 Å². The van der Waals surface area contributed by atoms with Crippen molar-refractivity contribution in [2.45, 2.75) is 6.54 Å². The Morgan fingerprint density at radius 1 is 0.914 bits per heavy atom. The van der Waals surface area contributed by atoms with E-state index in [1.165, 1.54) is 14.2 Å². The van der Waals surface area contributed by atoms with Crippen LogP contribution in [-0.2, 0) is 11.3 Å². The number of nitro benzene ring substituents is 2. The molecule has 0 amide bonds. The molecule has 13 heteroatoms. The number of anilines is 1. The smallest absolute Gasteiger partial charge is 0.340 e. The average molecular weight is 490 g/mol. The fraction of sp³-hybridized carbons (Fsp3) is 0.409. The van der Waals surface area contributed by atoms with Crippen LogP contribution in [0.4, 0.5) is 17.1 Å². The van der Waals surface area contributed by atoms with Gasteiger partial charge in [0.05, 0.1) is 49.9 Å². The predicted molar refractivity (Wildman–Crippen MR) is 125 cm³/mol. The summed E-state index contributed by atoms with van der Waals surface area (Å²) in [6.45, 7) is 2.22. The minimum Gasteiger partial charge on any atom is -0.493 e. The van der Waals surface area contributed by atoms with Gasteiger partial charge in [-0.15, -0.1) is 0 Å². The van der Waals surface area contributed by atoms with Crippen LogP contribution in [-0.4, -0.2) is 75.3 Å². The molecule has 1 fully saturated rings. The van der Waals surface area contributed by atoms with Crippen molar-refractivity contribution in [2.75, 3.05) is 59.5 Å². The molecule has 1 saturated heterocycles. The van der Waals surface area contributed by atoms with Crippen molar-refractivity contribution in [2.24, 2.45) is 0 Å². The van der Waals surface area contributed by atoms with Gasteiger partial charge in [0.15, 0.2) is 11.5 Å². The summed E-state index contributed by atoms with van der Waals surface area (Å²) in [5, 5.41) is 23.0. The van der Waals surface area contributed by atoms with Crippen LogP contribution in [0.1, 0.15) is 15.9 Å². The third-order valence-electron chi connectivity index (χ3n) is 5.76. The van der Waals surface area contributed by atoms with Gasteiger partial charge in [0.25, 0.3) is 11.4 Å². The summed E-state index contributed by atoms with van der Waals surface area (Å²) < 4.78 is 21.1. The number of rotatable bonds is 9. The predicted octanol–water partition coefficient (Wildman–Crippen LogP) is 2.64. The summed E-state index contributed by atoms with van der Waals surface area (Å²) in [6.07, 6.45) is 0. The molecule has 35 heavy (non-hydrogen) atoms. The number of hydrogen-bond donors (Lipinski definition) is 0. The summed E-state index contributed by atoms with van der Waals surface area (Å²) in [7, 11) is 5.72. The molecule has 2 aromatic rings. The largest absolute Gasteiger partial charge is 0.493 e. The van der Waals surface area contributed by atoms with Crippen LogP contribution in [0.15, 0.2) is 24.3 Å². The summed E-state index contributed by atoms with van der Waals surface area (Å²) in [4.78, 5) is 37.7. The van der Waals surface area contributed by atoms with Gasteiger partial charge in [0.1, 0.15) is 5.69 Å². The number of piperazine rings is 1. The van der Waals surface area contributed by atoms with Gasteiger partial charge in [-0.2, -0.15) is 0 Å². The standard InChI is InChI=1S/C22H26N4O9/c1-32-18-6-5-14(20(33-2)21(18)34-3)13-23-7-9-24(10-8-23)19-16(22(27)35-4)11-15(25(28)29)12-17(19)26(30)31/h5-6,11-12H,7-10,13H2,1-4H3. The number of carbonyl (C=O) groups excluding carboxylic acids is 1. The van der Waals surface area contributed by atoms with Gasteiger partial charge >= 0.3 is 5.97 Å². The Morgan fingerprint density at radius 2 is 1.57 bits per heavy atom. The van der Waals surface area contributed by atoms with Gasteiger partial charge in [-0.1, -0.05) is 6.07 Å². The lowest BCUT2D eigenvalue weighted by molar-refractivity contribution is -0.393. The van der Waals surface area contributed by atoms with E-state index in [0.29, 0.717) is 50.0 Å². The summed E-state index contributed by atoms with van der Waals surface area (Å²) in [6, 6.07) is 5.54. The lowest BCUT2D eigenvalue weighted by Gasteiger charge is -2.36. The third kappa shape index (κ3) is 5.19. The molecule has 0 unspecified atom stereocenters. The first-order valence-corrected chi connectivity index (χ1v) is 10.6. The molecule has 0 aromatic heterocycles. The molecule has 2 aromatic carbocycles. The fourth-order valence-corrected chi connectivity index (χ4v) is 4.11. The third-order valence-corrected chi connectivity index (χ3v) is 5.76. The zero-order chi connectivity index (χ0) is 25.7. The SMILES string of the molecule is COC(=O)c1cc([N+](=O)[O-])cc([N+](=O)[O-])c1N1CCN(Cc2ccc(OC)c(OC)c2OC)CC1. The summed E-state index contributed by atoms with van der Waals surface area (Å²) in [5.41, 5.74) is -0.413. The number of non-ortho nitro benzene ring substituents is 1. The molecule has 1 heterocycles. The maximum atomic E-state index is 12.4. The lowest BCUT2D eigenvalue weighted by Crippen LogP contribution is -2.46. The molecule has 0 radical (unpaired) electrons. The van der Waals surface area contributed by atoms with Crippen LogP contribution >= 0.6 is 0 Å². The number of carbonyl (C=O) groups is 1. The Hall–Kier alpha value is -4.13. The molecule has 0 spiro atoms. The number of ether oxygens (including phenoxy) is 4. The van der Waals surface area contributed by atoms with E-state index in [1.807, 2.05) is 6.07 Å². The average Bonchev–Trinajstić information content (AvgIpc) is 2.87. The van der Waals surface area contributed by atoms with Crippen molar-refractivity contribution >= 4 is 23.0 Å². The number of esters is 1. The van der Waals surface area contributed by atoms with Gasteiger partial charge in [-0.05, 0) is 6.07 Å². The highest BCUT2D eigenvalue weighted by molar-refractivity contribution is 5.99. The Morgan fingerprint density at radius 3 is 2.09 bits per heavy atom. The minimum absolute atomic E-state index is 0.01000. The van der Waals surface area contributed by atoms with Crippen LogP contribution in [0, 0.1) is 20.2 Å². The van der Waals surface area contributed by atoms with Gasteiger partial charge in [0, 0.05) is 44.4 Å². The summed E-state index contributed by atoms with van der Waals surface area (Å²) in [5.74, 6) is 0.687. The Bertz CT molecular complexity index is 1130. The maximum absolute atomic E-state index is 12.4. The monoisotopic (exact) mass is 490 g/mol. The van der Waals surface area contributed by atoms with Gasteiger partial charge in [-0.25, -0.2) is 4.79 Å². The van der Waals surface area contributed by atoms with E-state index in [-0.39, 0.29) is 11.3 Å². The zero-order valence-corrected chi connectivity index (χ0v) is 19.8. The van der Waals surface area contributed by atoms with E-state index in [2.05, 4.69) is 4.90 Å². The molecule has 1 aliphatic rings. The minimum atomic E-state index is -0.885. The van der Waals surface area contributed by atoms with Gasteiger partial charge in [0.2, 0.25) is 5.75 Å². The number of hydrogen-bond acceptors (Lipinski definition) is 11. The van der Waals surface area contributed by atoms with Crippen molar-refractivity contribution in [3.8, 4) is 17.2 Å². The highest BCUT2D eigenvalue weighted by atomic mass is 16.6. The molecule has 0 atom stereocenters. The molecular formula is C22H26N4O9. The van der Waals surface area contributed by atoms with E-state index >= 15 is 0 Å². The van der Waals surface area contributed by atoms with Crippen LogP contribution in [0.25, 0.3) is 0 Å².